The predicted molar refractivity (Wildman–Crippen MR) is 60.0 cm³/mol. The molecule has 1 aliphatic rings. The molecule has 1 aromatic rings. The molecule has 86 valence electrons. The van der Waals surface area contributed by atoms with Gasteiger partial charge in [0.05, 0.1) is 5.56 Å². The van der Waals surface area contributed by atoms with Gasteiger partial charge in [0.2, 0.25) is 0 Å². The lowest BCUT2D eigenvalue weighted by molar-refractivity contribution is 0.0642. The third-order valence-electron chi connectivity index (χ3n) is 2.91. The maximum Gasteiger partial charge on any atom is 0.257 e. The highest BCUT2D eigenvalue weighted by atomic mass is 16.2. The second-order valence-corrected chi connectivity index (χ2v) is 3.85. The zero-order valence-electron chi connectivity index (χ0n) is 9.46. The topological polar surface area (TPSA) is 49.3 Å². The molecule has 5 heteroatoms. The van der Waals surface area contributed by atoms with Gasteiger partial charge in [-0.15, -0.1) is 0 Å². The molecule has 2 heterocycles. The summed E-state index contributed by atoms with van der Waals surface area (Å²) < 4.78 is 0. The van der Waals surface area contributed by atoms with Gasteiger partial charge >= 0.3 is 0 Å². The van der Waals surface area contributed by atoms with Crippen molar-refractivity contribution in [3.8, 4) is 0 Å². The number of amides is 1. The highest BCUT2D eigenvalue weighted by molar-refractivity contribution is 5.93. The molecule has 0 spiro atoms. The van der Waals surface area contributed by atoms with E-state index >= 15 is 0 Å². The van der Waals surface area contributed by atoms with Crippen LogP contribution in [0.25, 0.3) is 0 Å². The summed E-state index contributed by atoms with van der Waals surface area (Å²) in [5.41, 5.74) is 0.576. The Balaban J connectivity index is 1.97. The molecule has 0 N–H and O–H groups in total. The average Bonchev–Trinajstić information content (AvgIpc) is 2.39. The molecule has 0 saturated carbocycles. The Morgan fingerprint density at radius 2 is 1.88 bits per heavy atom. The van der Waals surface area contributed by atoms with Crippen LogP contribution in [0.15, 0.2) is 18.7 Å². The van der Waals surface area contributed by atoms with E-state index in [0.29, 0.717) is 5.56 Å². The molecule has 1 aliphatic heterocycles. The molecule has 0 aromatic carbocycles. The average molecular weight is 220 g/mol. The Hall–Kier alpha value is -1.49. The number of aromatic nitrogens is 2. The van der Waals surface area contributed by atoms with Crippen LogP contribution in [0.5, 0.6) is 0 Å². The van der Waals surface area contributed by atoms with E-state index in [1.807, 2.05) is 4.90 Å². The van der Waals surface area contributed by atoms with Crippen molar-refractivity contribution in [3.63, 3.8) is 0 Å². The van der Waals surface area contributed by atoms with Crippen molar-refractivity contribution in [1.29, 1.82) is 0 Å². The Bertz CT molecular complexity index is 346. The molecular weight excluding hydrogens is 204 g/mol. The van der Waals surface area contributed by atoms with E-state index in [4.69, 9.17) is 0 Å². The number of hydrogen-bond donors (Lipinski definition) is 0. The standard InChI is InChI=1S/C11H16N4O/c1-2-14-3-5-15(6-4-14)11(16)10-7-12-9-13-8-10/h7-9H,2-6H2,1H3. The molecule has 1 saturated heterocycles. The van der Waals surface area contributed by atoms with Crippen LogP contribution in [0, 0.1) is 0 Å². The minimum absolute atomic E-state index is 0.0383. The van der Waals surface area contributed by atoms with Gasteiger partial charge in [0.15, 0.2) is 0 Å². The Morgan fingerprint density at radius 3 is 2.44 bits per heavy atom. The number of rotatable bonds is 2. The summed E-state index contributed by atoms with van der Waals surface area (Å²) >= 11 is 0. The molecule has 2 rings (SSSR count). The van der Waals surface area contributed by atoms with Gasteiger partial charge in [0.1, 0.15) is 6.33 Å². The van der Waals surface area contributed by atoms with Gasteiger partial charge in [-0.2, -0.15) is 0 Å². The minimum Gasteiger partial charge on any atom is -0.336 e. The van der Waals surface area contributed by atoms with Crippen LogP contribution in [0.4, 0.5) is 0 Å². The second kappa shape index (κ2) is 5.03. The van der Waals surface area contributed by atoms with E-state index < -0.39 is 0 Å². The van der Waals surface area contributed by atoms with E-state index in [0.717, 1.165) is 32.7 Å². The fraction of sp³-hybridized carbons (Fsp3) is 0.545. The Morgan fingerprint density at radius 1 is 1.25 bits per heavy atom. The summed E-state index contributed by atoms with van der Waals surface area (Å²) in [6, 6.07) is 0. The highest BCUT2D eigenvalue weighted by Gasteiger charge is 2.21. The van der Waals surface area contributed by atoms with Crippen molar-refractivity contribution in [2.75, 3.05) is 32.7 Å². The van der Waals surface area contributed by atoms with E-state index in [1.165, 1.54) is 6.33 Å². The van der Waals surface area contributed by atoms with Crippen LogP contribution in [-0.2, 0) is 0 Å². The molecule has 16 heavy (non-hydrogen) atoms. The summed E-state index contributed by atoms with van der Waals surface area (Å²) in [5, 5.41) is 0. The molecule has 0 atom stereocenters. The van der Waals surface area contributed by atoms with Crippen LogP contribution in [0.2, 0.25) is 0 Å². The van der Waals surface area contributed by atoms with Crippen molar-refractivity contribution < 1.29 is 4.79 Å². The first-order valence-corrected chi connectivity index (χ1v) is 5.58. The molecule has 0 aliphatic carbocycles. The zero-order chi connectivity index (χ0) is 11.4. The van der Waals surface area contributed by atoms with Crippen molar-refractivity contribution >= 4 is 5.91 Å². The molecule has 0 bridgehead atoms. The van der Waals surface area contributed by atoms with Crippen molar-refractivity contribution in [2.45, 2.75) is 6.92 Å². The summed E-state index contributed by atoms with van der Waals surface area (Å²) in [7, 11) is 0. The third kappa shape index (κ3) is 2.36. The minimum atomic E-state index is 0.0383. The Kier molecular flexibility index (Phi) is 3.46. The highest BCUT2D eigenvalue weighted by Crippen LogP contribution is 2.06. The van der Waals surface area contributed by atoms with Gasteiger partial charge in [-0.05, 0) is 6.54 Å². The van der Waals surface area contributed by atoms with Gasteiger partial charge in [-0.3, -0.25) is 4.79 Å². The van der Waals surface area contributed by atoms with Gasteiger partial charge < -0.3 is 9.80 Å². The molecule has 5 nitrogen and oxygen atoms in total. The van der Waals surface area contributed by atoms with Crippen LogP contribution < -0.4 is 0 Å². The zero-order valence-corrected chi connectivity index (χ0v) is 9.46. The normalized spacial score (nSPS) is 17.4. The number of nitrogens with zero attached hydrogens (tertiary/aromatic N) is 4. The van der Waals surface area contributed by atoms with Crippen LogP contribution in [0.3, 0.4) is 0 Å². The Labute approximate surface area is 95.1 Å². The van der Waals surface area contributed by atoms with Crippen LogP contribution in [-0.4, -0.2) is 58.4 Å². The van der Waals surface area contributed by atoms with Crippen molar-refractivity contribution in [2.24, 2.45) is 0 Å². The smallest absolute Gasteiger partial charge is 0.257 e. The summed E-state index contributed by atoms with van der Waals surface area (Å²) in [4.78, 5) is 24.0. The number of hydrogen-bond acceptors (Lipinski definition) is 4. The van der Waals surface area contributed by atoms with E-state index in [9.17, 15) is 4.79 Å². The largest absolute Gasteiger partial charge is 0.336 e. The molecule has 0 radical (unpaired) electrons. The van der Waals surface area contributed by atoms with Crippen LogP contribution >= 0.6 is 0 Å². The first-order chi connectivity index (χ1) is 7.81. The predicted octanol–water partition coefficient (Wildman–Crippen LogP) is 0.254. The number of likely N-dealkylation sites (N-methyl/N-ethyl adjacent to an activating group) is 1. The van der Waals surface area contributed by atoms with E-state index in [2.05, 4.69) is 21.8 Å². The lowest BCUT2D eigenvalue weighted by Crippen LogP contribution is -2.48. The maximum atomic E-state index is 12.0. The fourth-order valence-corrected chi connectivity index (χ4v) is 1.86. The summed E-state index contributed by atoms with van der Waals surface area (Å²) in [5.74, 6) is 0.0383. The first-order valence-electron chi connectivity index (χ1n) is 5.58. The molecule has 1 fully saturated rings. The second-order valence-electron chi connectivity index (χ2n) is 3.85. The SMILES string of the molecule is CCN1CCN(C(=O)c2cncnc2)CC1. The van der Waals surface area contributed by atoms with Gasteiger partial charge in [-0.25, -0.2) is 9.97 Å². The molecule has 1 amide bonds. The summed E-state index contributed by atoms with van der Waals surface area (Å²) in [6.45, 7) is 6.69. The number of piperazine rings is 1. The number of carbonyl (C=O) groups is 1. The number of carbonyl (C=O) groups excluding carboxylic acids is 1. The van der Waals surface area contributed by atoms with Gasteiger partial charge in [0, 0.05) is 38.6 Å². The van der Waals surface area contributed by atoms with Crippen LogP contribution in [0.1, 0.15) is 17.3 Å². The lowest BCUT2D eigenvalue weighted by atomic mass is 10.2. The lowest BCUT2D eigenvalue weighted by Gasteiger charge is -2.33. The monoisotopic (exact) mass is 220 g/mol. The summed E-state index contributed by atoms with van der Waals surface area (Å²) in [6.07, 6.45) is 4.58. The molecule has 0 unspecified atom stereocenters. The third-order valence-corrected chi connectivity index (χ3v) is 2.91. The maximum absolute atomic E-state index is 12.0. The van der Waals surface area contributed by atoms with Gasteiger partial charge in [-0.1, -0.05) is 6.92 Å². The first kappa shape index (κ1) is 11.0. The van der Waals surface area contributed by atoms with Gasteiger partial charge in [0.25, 0.3) is 5.91 Å². The van der Waals surface area contributed by atoms with Crippen molar-refractivity contribution in [3.05, 3.63) is 24.3 Å². The van der Waals surface area contributed by atoms with Crippen molar-refractivity contribution in [1.82, 2.24) is 19.8 Å². The quantitative estimate of drug-likeness (QED) is 0.717. The molecular formula is C11H16N4O. The van der Waals surface area contributed by atoms with E-state index in [1.54, 1.807) is 12.4 Å². The fourth-order valence-electron chi connectivity index (χ4n) is 1.86. The van der Waals surface area contributed by atoms with E-state index in [-0.39, 0.29) is 5.91 Å². The molecule has 1 aromatic heterocycles.